The summed E-state index contributed by atoms with van der Waals surface area (Å²) in [5.41, 5.74) is 3.62. The molecular weight excluding hydrogens is 434 g/mol. The highest BCUT2D eigenvalue weighted by atomic mass is 32.2. The van der Waals surface area contributed by atoms with Crippen molar-refractivity contribution in [3.05, 3.63) is 36.0 Å². The van der Waals surface area contributed by atoms with E-state index in [0.717, 1.165) is 25.7 Å². The van der Waals surface area contributed by atoms with E-state index in [1.54, 1.807) is 23.1 Å². The van der Waals surface area contributed by atoms with Crippen molar-refractivity contribution in [3.8, 4) is 17.3 Å². The van der Waals surface area contributed by atoms with Crippen LogP contribution in [0.15, 0.2) is 24.5 Å². The molecule has 3 aromatic heterocycles. The number of hydrogen-bond donors (Lipinski definition) is 4. The summed E-state index contributed by atoms with van der Waals surface area (Å²) >= 11 is 0. The van der Waals surface area contributed by atoms with Crippen LogP contribution < -0.4 is 11.3 Å². The number of hydrazine groups is 1. The number of nitriles is 1. The van der Waals surface area contributed by atoms with Crippen molar-refractivity contribution in [3.63, 3.8) is 0 Å². The standard InChI is InChI=1S/C19H23N9O3S/c20-8-7-14(12-3-1-2-4-12)27-10-13(9-23-27)18-15-5-6-16(19(29)25-21)28(15)26-17(24-18)11-32(22,30)31/h5-6,9-10,12,14H,1-4,7,11,21H2,(H,25,29)(H2,22,30,31). The van der Waals surface area contributed by atoms with Gasteiger partial charge in [-0.15, -0.1) is 0 Å². The van der Waals surface area contributed by atoms with Crippen molar-refractivity contribution in [2.24, 2.45) is 11.8 Å². The number of fused-ring (bicyclic) bond motifs is 1. The Labute approximate surface area is 184 Å². The number of nitrogen functional groups attached to an aromatic ring is 1. The van der Waals surface area contributed by atoms with Gasteiger partial charge in [0.2, 0.25) is 0 Å². The van der Waals surface area contributed by atoms with Gasteiger partial charge in [0.05, 0.1) is 30.2 Å². The fourth-order valence-corrected chi connectivity index (χ4v) is 4.76. The number of nitrogens with one attached hydrogen (secondary N) is 2. The Kier molecular flexibility index (Phi) is 5.92. The minimum atomic E-state index is -3.91. The zero-order chi connectivity index (χ0) is 22.9. The molecular formula is C19H23N9O3S. The van der Waals surface area contributed by atoms with Gasteiger partial charge in [-0.1, -0.05) is 12.8 Å². The smallest absolute Gasteiger partial charge is 0.283 e. The van der Waals surface area contributed by atoms with E-state index in [-0.39, 0.29) is 17.6 Å². The summed E-state index contributed by atoms with van der Waals surface area (Å²) < 4.78 is 31.6. The van der Waals surface area contributed by atoms with E-state index in [0.29, 0.717) is 29.1 Å². The summed E-state index contributed by atoms with van der Waals surface area (Å²) in [5.74, 6) is 4.35. The lowest BCUT2D eigenvalue weighted by Gasteiger charge is -2.21. The van der Waals surface area contributed by atoms with Crippen molar-refractivity contribution < 1.29 is 13.6 Å². The number of carbonyl (C=O) groups is 1. The summed E-state index contributed by atoms with van der Waals surface area (Å²) in [6.07, 6.45) is 8.12. The maximum atomic E-state index is 12.1. The molecule has 0 radical (unpaired) electrons. The van der Waals surface area contributed by atoms with Crippen LogP contribution in [-0.2, 0) is 15.8 Å². The van der Waals surface area contributed by atoms with Crippen molar-refractivity contribution >= 4 is 21.4 Å². The number of carbonyl (C=O) groups excluding carboxylic acids is 1. The third kappa shape index (κ3) is 4.33. The van der Waals surface area contributed by atoms with Crippen LogP contribution in [0.2, 0.25) is 0 Å². The van der Waals surface area contributed by atoms with Crippen molar-refractivity contribution in [1.29, 1.82) is 10.0 Å². The lowest BCUT2D eigenvalue weighted by molar-refractivity contribution is 0.0946. The van der Waals surface area contributed by atoms with Gasteiger partial charge in [0.1, 0.15) is 17.1 Å². The second-order valence-electron chi connectivity index (χ2n) is 7.83. The van der Waals surface area contributed by atoms with E-state index >= 15 is 0 Å². The first-order valence-electron chi connectivity index (χ1n) is 10.1. The van der Waals surface area contributed by atoms with Gasteiger partial charge in [0, 0.05) is 11.8 Å². The highest BCUT2D eigenvalue weighted by molar-refractivity contribution is 7.86. The molecule has 32 heavy (non-hydrogen) atoms. The fraction of sp³-hybridized carbons (Fsp3) is 0.421. The van der Waals surface area contributed by atoms with Gasteiger partial charge in [-0.25, -0.2) is 24.3 Å². The van der Waals surface area contributed by atoms with Gasteiger partial charge in [-0.2, -0.15) is 15.5 Å². The molecule has 1 amide bonds. The summed E-state index contributed by atoms with van der Waals surface area (Å²) in [5, 5.41) is 18.0. The molecule has 1 fully saturated rings. The molecule has 2 unspecified atom stereocenters. The Morgan fingerprint density at radius 2 is 2.19 bits per heavy atom. The number of aromatic nitrogens is 5. The first-order valence-corrected chi connectivity index (χ1v) is 11.8. The number of nitrogens with zero attached hydrogens (tertiary/aromatic N) is 6. The van der Waals surface area contributed by atoms with Crippen molar-refractivity contribution in [2.75, 3.05) is 0 Å². The average Bonchev–Trinajstić information content (AvgIpc) is 3.50. The average molecular weight is 458 g/mol. The highest BCUT2D eigenvalue weighted by Crippen LogP contribution is 2.36. The van der Waals surface area contributed by atoms with Gasteiger partial charge >= 0.3 is 0 Å². The van der Waals surface area contributed by atoms with Crippen LogP contribution in [0, 0.1) is 22.0 Å². The van der Waals surface area contributed by atoms with Crippen LogP contribution in [0.3, 0.4) is 0 Å². The van der Waals surface area contributed by atoms with Gasteiger partial charge < -0.3 is 4.55 Å². The van der Waals surface area contributed by atoms with Crippen LogP contribution in [0.4, 0.5) is 0 Å². The van der Waals surface area contributed by atoms with Crippen LogP contribution in [0.5, 0.6) is 0 Å². The quantitative estimate of drug-likeness (QED) is 0.235. The van der Waals surface area contributed by atoms with Crippen molar-refractivity contribution in [2.45, 2.75) is 43.9 Å². The molecule has 1 aliphatic rings. The van der Waals surface area contributed by atoms with Crippen LogP contribution in [0.1, 0.15) is 54.5 Å². The largest absolute Gasteiger partial charge is 0.300 e. The lowest BCUT2D eigenvalue weighted by Crippen LogP contribution is -2.31. The molecule has 12 nitrogen and oxygen atoms in total. The molecule has 1 aliphatic carbocycles. The third-order valence-electron chi connectivity index (χ3n) is 5.70. The molecule has 0 saturated heterocycles. The lowest BCUT2D eigenvalue weighted by atomic mass is 9.96. The monoisotopic (exact) mass is 457 g/mol. The summed E-state index contributed by atoms with van der Waals surface area (Å²) in [6.45, 7) is 0. The van der Waals surface area contributed by atoms with E-state index < -0.39 is 21.7 Å². The molecule has 0 aromatic carbocycles. The van der Waals surface area contributed by atoms with E-state index in [1.165, 1.54) is 10.6 Å². The molecule has 168 valence electrons. The molecule has 4 rings (SSSR count). The molecule has 3 aromatic rings. The predicted octanol–water partition coefficient (Wildman–Crippen LogP) is 1.86. The maximum Gasteiger partial charge on any atom is 0.283 e. The Balaban J connectivity index is 1.82. The molecule has 0 spiro atoms. The molecule has 13 heteroatoms. The fourth-order valence-electron chi connectivity index (χ4n) is 4.29. The summed E-state index contributed by atoms with van der Waals surface area (Å²) in [4.78, 5) is 16.5. The van der Waals surface area contributed by atoms with Crippen molar-refractivity contribution in [1.82, 2.24) is 29.8 Å². The Morgan fingerprint density at radius 1 is 1.44 bits per heavy atom. The van der Waals surface area contributed by atoms with Crippen LogP contribution in [-0.4, -0.2) is 39.0 Å². The first-order chi connectivity index (χ1) is 15.3. The Morgan fingerprint density at radius 3 is 2.84 bits per heavy atom. The minimum Gasteiger partial charge on any atom is -0.300 e. The number of rotatable bonds is 7. The second-order valence-corrected chi connectivity index (χ2v) is 9.40. The second kappa shape index (κ2) is 8.65. The van der Waals surface area contributed by atoms with Gasteiger partial charge in [-0.3, -0.25) is 14.9 Å². The summed E-state index contributed by atoms with van der Waals surface area (Å²) in [7, 11) is -3.91. The van der Waals surface area contributed by atoms with E-state index in [9.17, 15) is 18.8 Å². The van der Waals surface area contributed by atoms with E-state index in [1.807, 2.05) is 5.43 Å². The first kappa shape index (κ1) is 21.9. The van der Waals surface area contributed by atoms with Gasteiger partial charge in [0.25, 0.3) is 5.91 Å². The topological polar surface area (TPSA) is 188 Å². The van der Waals surface area contributed by atoms with E-state index in [4.69, 9.17) is 10.6 Å². The molecule has 2 atom stereocenters. The molecule has 3 heterocycles. The van der Waals surface area contributed by atoms with Gasteiger partial charge in [0.15, 0.2) is 15.8 Å². The molecule has 5 N–H and O–H groups in total. The zero-order valence-corrected chi connectivity index (χ0v) is 18.0. The zero-order valence-electron chi connectivity index (χ0n) is 17.1. The molecule has 0 aliphatic heterocycles. The van der Waals surface area contributed by atoms with Crippen LogP contribution >= 0.6 is 0 Å². The number of amides is 1. The third-order valence-corrected chi connectivity index (χ3v) is 6.35. The van der Waals surface area contributed by atoms with Gasteiger partial charge in [-0.05, 0) is 30.9 Å². The van der Waals surface area contributed by atoms with E-state index in [2.05, 4.69) is 21.3 Å². The molecule has 1 saturated carbocycles. The number of nitrogens with two attached hydrogens (primary N) is 1. The Hall–Kier alpha value is -3.34. The minimum absolute atomic E-state index is 0.0524. The Bertz CT molecular complexity index is 1300. The highest BCUT2D eigenvalue weighted by Gasteiger charge is 2.27. The van der Waals surface area contributed by atoms with Crippen LogP contribution in [0.25, 0.3) is 16.8 Å². The molecule has 0 bridgehead atoms. The maximum absolute atomic E-state index is 12.1. The SMILES string of the molecule is N#CCC(C1CCCC1)n1cc(-c2nc(CS(=N)(=O)O)nn3c(C(=O)NN)ccc23)cn1. The summed E-state index contributed by atoms with van der Waals surface area (Å²) in [6, 6.07) is 5.35. The normalized spacial score (nSPS) is 17.2. The predicted molar refractivity (Wildman–Crippen MR) is 114 cm³/mol. The number of hydrogen-bond acceptors (Lipinski definition) is 8.